The number of aromatic hydroxyl groups is 1. The first kappa shape index (κ1) is 12.1. The molecule has 0 aliphatic rings. The van der Waals surface area contributed by atoms with Gasteiger partial charge in [-0.3, -0.25) is 0 Å². The van der Waals surface area contributed by atoms with E-state index in [1.54, 1.807) is 13.2 Å². The van der Waals surface area contributed by atoms with Crippen LogP contribution in [0.2, 0.25) is 0 Å². The highest BCUT2D eigenvalue weighted by Crippen LogP contribution is 2.22. The number of benzene rings is 1. The van der Waals surface area contributed by atoms with E-state index in [1.165, 1.54) is 6.07 Å². The molecule has 100 valence electrons. The Labute approximate surface area is 113 Å². The van der Waals surface area contributed by atoms with Crippen LogP contribution in [-0.2, 0) is 0 Å². The fourth-order valence-electron chi connectivity index (χ4n) is 1.62. The van der Waals surface area contributed by atoms with E-state index in [2.05, 4.69) is 20.3 Å². The van der Waals surface area contributed by atoms with Gasteiger partial charge in [-0.1, -0.05) is 5.16 Å². The summed E-state index contributed by atoms with van der Waals surface area (Å²) in [6.45, 7) is 0. The number of hydrogen-bond acceptors (Lipinski definition) is 7. The molecule has 0 aliphatic carbocycles. The maximum Gasteiger partial charge on any atom is 0.278 e. The lowest BCUT2D eigenvalue weighted by molar-refractivity contribution is 0.414. The van der Waals surface area contributed by atoms with Gasteiger partial charge in [-0.15, -0.1) is 10.2 Å². The molecule has 2 heterocycles. The van der Waals surface area contributed by atoms with Crippen molar-refractivity contribution in [3.8, 4) is 34.6 Å². The number of nitrogens with zero attached hydrogens (tertiary/aromatic N) is 4. The van der Waals surface area contributed by atoms with Crippen LogP contribution in [0.1, 0.15) is 0 Å². The fourth-order valence-corrected chi connectivity index (χ4v) is 1.62. The summed E-state index contributed by atoms with van der Waals surface area (Å²) in [7, 11) is 1.60. The molecular formula is C13H10N4O3. The average Bonchev–Trinajstić information content (AvgIpc) is 2.98. The van der Waals surface area contributed by atoms with Crippen molar-refractivity contribution in [1.82, 2.24) is 20.3 Å². The molecule has 1 aromatic carbocycles. The molecule has 3 rings (SSSR count). The molecule has 0 amide bonds. The van der Waals surface area contributed by atoms with Gasteiger partial charge in [-0.2, -0.15) is 4.98 Å². The number of aromatic nitrogens is 4. The van der Waals surface area contributed by atoms with E-state index in [-0.39, 0.29) is 11.8 Å². The van der Waals surface area contributed by atoms with E-state index in [0.717, 1.165) is 11.3 Å². The lowest BCUT2D eigenvalue weighted by Crippen LogP contribution is -1.87. The van der Waals surface area contributed by atoms with Crippen LogP contribution in [0.15, 0.2) is 40.9 Å². The molecule has 0 fully saturated rings. The van der Waals surface area contributed by atoms with Gasteiger partial charge in [-0.25, -0.2) is 0 Å². The van der Waals surface area contributed by atoms with E-state index in [9.17, 15) is 0 Å². The molecule has 2 aromatic heterocycles. The van der Waals surface area contributed by atoms with Crippen molar-refractivity contribution < 1.29 is 14.4 Å². The number of hydrogen-bond donors (Lipinski definition) is 1. The van der Waals surface area contributed by atoms with Crippen molar-refractivity contribution in [3.05, 3.63) is 36.4 Å². The molecule has 7 heteroatoms. The van der Waals surface area contributed by atoms with E-state index < -0.39 is 0 Å². The van der Waals surface area contributed by atoms with Crippen molar-refractivity contribution in [3.63, 3.8) is 0 Å². The Balaban J connectivity index is 1.91. The minimum absolute atomic E-state index is 0.163. The highest BCUT2D eigenvalue weighted by Gasteiger charge is 2.12. The highest BCUT2D eigenvalue weighted by molar-refractivity contribution is 5.58. The molecule has 7 nitrogen and oxygen atoms in total. The van der Waals surface area contributed by atoms with E-state index in [4.69, 9.17) is 14.4 Å². The molecular weight excluding hydrogens is 260 g/mol. The molecule has 0 saturated heterocycles. The zero-order chi connectivity index (χ0) is 13.9. The predicted octanol–water partition coefficient (Wildman–Crippen LogP) is 1.91. The van der Waals surface area contributed by atoms with Gasteiger partial charge in [0.2, 0.25) is 11.7 Å². The maximum absolute atomic E-state index is 9.08. The van der Waals surface area contributed by atoms with Gasteiger partial charge >= 0.3 is 0 Å². The largest absolute Gasteiger partial charge is 0.497 e. The number of methoxy groups -OCH3 is 1. The first-order chi connectivity index (χ1) is 9.76. The topological polar surface area (TPSA) is 94.2 Å². The fraction of sp³-hybridized carbons (Fsp3) is 0.0769. The maximum atomic E-state index is 9.08. The molecule has 0 spiro atoms. The smallest absolute Gasteiger partial charge is 0.278 e. The van der Waals surface area contributed by atoms with Crippen LogP contribution < -0.4 is 4.74 Å². The third kappa shape index (κ3) is 2.28. The summed E-state index contributed by atoms with van der Waals surface area (Å²) in [6, 6.07) is 10.2. The van der Waals surface area contributed by atoms with Crippen LogP contribution in [0.25, 0.3) is 23.0 Å². The molecule has 3 aromatic rings. The zero-order valence-electron chi connectivity index (χ0n) is 10.5. The lowest BCUT2D eigenvalue weighted by Gasteiger charge is -1.98. The predicted molar refractivity (Wildman–Crippen MR) is 69.0 cm³/mol. The number of rotatable bonds is 3. The van der Waals surface area contributed by atoms with Crippen LogP contribution in [0.3, 0.4) is 0 Å². The van der Waals surface area contributed by atoms with Gasteiger partial charge in [0.05, 0.1) is 7.11 Å². The third-order valence-electron chi connectivity index (χ3n) is 2.64. The minimum Gasteiger partial charge on any atom is -0.497 e. The molecule has 0 unspecified atom stereocenters. The summed E-state index contributed by atoms with van der Waals surface area (Å²) in [5.41, 5.74) is 1.20. The molecule has 0 radical (unpaired) electrons. The van der Waals surface area contributed by atoms with Gasteiger partial charge in [0.25, 0.3) is 5.89 Å². The molecule has 0 saturated carbocycles. The monoisotopic (exact) mass is 270 g/mol. The first-order valence-corrected chi connectivity index (χ1v) is 5.77. The lowest BCUT2D eigenvalue weighted by atomic mass is 10.2. The first-order valence-electron chi connectivity index (χ1n) is 5.77. The zero-order valence-corrected chi connectivity index (χ0v) is 10.5. The Morgan fingerprint density at radius 2 is 1.85 bits per heavy atom. The molecule has 0 bridgehead atoms. The van der Waals surface area contributed by atoms with Gasteiger partial charge < -0.3 is 14.4 Å². The quantitative estimate of drug-likeness (QED) is 0.776. The van der Waals surface area contributed by atoms with Crippen LogP contribution in [0, 0.1) is 0 Å². The summed E-state index contributed by atoms with van der Waals surface area (Å²) in [5.74, 6) is 1.27. The van der Waals surface area contributed by atoms with Crippen molar-refractivity contribution >= 4 is 0 Å². The van der Waals surface area contributed by atoms with Crippen LogP contribution in [-0.4, -0.2) is 32.6 Å². The Bertz CT molecular complexity index is 707. The van der Waals surface area contributed by atoms with Crippen molar-refractivity contribution in [2.45, 2.75) is 0 Å². The average molecular weight is 270 g/mol. The van der Waals surface area contributed by atoms with Crippen molar-refractivity contribution in [1.29, 1.82) is 0 Å². The molecule has 0 aliphatic heterocycles. The van der Waals surface area contributed by atoms with Crippen molar-refractivity contribution in [2.75, 3.05) is 7.11 Å². The second kappa shape index (κ2) is 4.96. The normalized spacial score (nSPS) is 10.4. The Morgan fingerprint density at radius 3 is 2.50 bits per heavy atom. The van der Waals surface area contributed by atoms with Crippen molar-refractivity contribution in [2.24, 2.45) is 0 Å². The second-order valence-corrected chi connectivity index (χ2v) is 3.93. The summed E-state index contributed by atoms with van der Waals surface area (Å²) in [6.07, 6.45) is 0. The SMILES string of the molecule is COc1ccc(-c2noc(-c3ccc(O)nn3)n2)cc1. The van der Waals surface area contributed by atoms with E-state index in [0.29, 0.717) is 11.5 Å². The Morgan fingerprint density at radius 1 is 1.05 bits per heavy atom. The van der Waals surface area contributed by atoms with E-state index >= 15 is 0 Å². The molecule has 0 atom stereocenters. The van der Waals surface area contributed by atoms with Crippen LogP contribution in [0.4, 0.5) is 0 Å². The molecule has 1 N–H and O–H groups in total. The minimum atomic E-state index is -0.163. The van der Waals surface area contributed by atoms with Gasteiger partial charge in [0.1, 0.15) is 5.75 Å². The number of ether oxygens (including phenoxy) is 1. The third-order valence-corrected chi connectivity index (χ3v) is 2.64. The van der Waals surface area contributed by atoms with Crippen LogP contribution >= 0.6 is 0 Å². The summed E-state index contributed by atoms with van der Waals surface area (Å²) in [5, 5.41) is 20.3. The van der Waals surface area contributed by atoms with Crippen LogP contribution in [0.5, 0.6) is 11.6 Å². The van der Waals surface area contributed by atoms with Gasteiger partial charge in [-0.05, 0) is 30.3 Å². The Kier molecular flexibility index (Phi) is 3.00. The molecule has 20 heavy (non-hydrogen) atoms. The van der Waals surface area contributed by atoms with Gasteiger partial charge in [0.15, 0.2) is 5.69 Å². The van der Waals surface area contributed by atoms with Gasteiger partial charge in [0, 0.05) is 11.6 Å². The highest BCUT2D eigenvalue weighted by atomic mass is 16.5. The Hall–Kier alpha value is -2.96. The van der Waals surface area contributed by atoms with E-state index in [1.807, 2.05) is 24.3 Å². The summed E-state index contributed by atoms with van der Waals surface area (Å²) >= 11 is 0. The summed E-state index contributed by atoms with van der Waals surface area (Å²) in [4.78, 5) is 4.23. The second-order valence-electron chi connectivity index (χ2n) is 3.93. The standard InChI is InChI=1S/C13H10N4O3/c1-19-9-4-2-8(3-5-9)12-14-13(20-17-12)10-6-7-11(18)16-15-10/h2-7H,1H3,(H,16,18). The summed E-state index contributed by atoms with van der Waals surface area (Å²) < 4.78 is 10.2.